The molecule has 1 aromatic rings. The van der Waals surface area contributed by atoms with Crippen LogP contribution >= 0.6 is 24.0 Å². The van der Waals surface area contributed by atoms with Crippen LogP contribution in [0.2, 0.25) is 0 Å². The maximum absolute atomic E-state index is 9.98. The highest BCUT2D eigenvalue weighted by Gasteiger charge is 1.96. The lowest BCUT2D eigenvalue weighted by atomic mass is 10.4. The Morgan fingerprint density at radius 2 is 1.93 bits per heavy atom. The summed E-state index contributed by atoms with van der Waals surface area (Å²) >= 11 is 5.30. The second-order valence-electron chi connectivity index (χ2n) is 2.16. The molecule has 0 spiro atoms. The maximum atomic E-state index is 9.98. The number of hydrogen-bond acceptors (Lipinski definition) is 4. The summed E-state index contributed by atoms with van der Waals surface area (Å²) < 4.78 is 0.681. The first-order chi connectivity index (χ1) is 6.76. The van der Waals surface area contributed by atoms with E-state index in [1.54, 1.807) is 5.51 Å². The van der Waals surface area contributed by atoms with Gasteiger partial charge in [0.25, 0.3) is 0 Å². The maximum Gasteiger partial charge on any atom is 0.170 e. The molecule has 0 aliphatic heterocycles. The van der Waals surface area contributed by atoms with Gasteiger partial charge in [-0.1, -0.05) is 40.5 Å². The van der Waals surface area contributed by atoms with Gasteiger partial charge in [-0.05, 0) is 0 Å². The van der Waals surface area contributed by atoms with Crippen molar-refractivity contribution in [3.8, 4) is 0 Å². The van der Waals surface area contributed by atoms with Crippen molar-refractivity contribution >= 4 is 30.3 Å². The molecule has 14 heavy (non-hydrogen) atoms. The smallest absolute Gasteiger partial charge is 0.170 e. The van der Waals surface area contributed by atoms with E-state index in [1.165, 1.54) is 24.2 Å². The van der Waals surface area contributed by atoms with Gasteiger partial charge in [0.2, 0.25) is 0 Å². The molecule has 0 aliphatic rings. The van der Waals surface area contributed by atoms with Gasteiger partial charge in [-0.3, -0.25) is 4.79 Å². The van der Waals surface area contributed by atoms with Crippen molar-refractivity contribution in [2.45, 2.75) is 44.7 Å². The molecule has 0 saturated heterocycles. The van der Waals surface area contributed by atoms with E-state index in [0.29, 0.717) is 16.2 Å². The van der Waals surface area contributed by atoms with Crippen LogP contribution in [-0.2, 0) is 0 Å². The number of thiazole rings is 1. The van der Waals surface area contributed by atoms with Crippen LogP contribution in [0.25, 0.3) is 0 Å². The highest BCUT2D eigenvalue weighted by molar-refractivity contribution is 7.82. The van der Waals surface area contributed by atoms with Crippen LogP contribution in [0.15, 0.2) is 9.72 Å². The van der Waals surface area contributed by atoms with Crippen molar-refractivity contribution in [3.05, 3.63) is 11.2 Å². The summed E-state index contributed by atoms with van der Waals surface area (Å²) in [6.07, 6.45) is 3.33. The summed E-state index contributed by atoms with van der Waals surface area (Å²) in [6, 6.07) is 0. The Hall–Kier alpha value is -0.350. The third kappa shape index (κ3) is 8.26. The molecule has 0 aliphatic carbocycles. The minimum Gasteiger partial charge on any atom is -0.296 e. The van der Waals surface area contributed by atoms with E-state index < -0.39 is 0 Å². The van der Waals surface area contributed by atoms with Gasteiger partial charge in [0.05, 0.1) is 9.72 Å². The third-order valence-electron chi connectivity index (χ3n) is 1.19. The fourth-order valence-corrected chi connectivity index (χ4v) is 1.07. The van der Waals surface area contributed by atoms with E-state index in [1.807, 2.05) is 13.8 Å². The zero-order chi connectivity index (χ0) is 11.4. The second kappa shape index (κ2) is 12.7. The normalized spacial score (nSPS) is 7.79. The Kier molecular flexibility index (Phi) is 14.5. The Balaban J connectivity index is 0. The van der Waals surface area contributed by atoms with Crippen LogP contribution in [0.5, 0.6) is 0 Å². The molecule has 0 saturated carbocycles. The van der Waals surface area contributed by atoms with Crippen LogP contribution in [-0.4, -0.2) is 11.3 Å². The van der Waals surface area contributed by atoms with E-state index in [4.69, 9.17) is 0 Å². The number of aromatic nitrogens is 1. The van der Waals surface area contributed by atoms with Crippen molar-refractivity contribution in [1.29, 1.82) is 0 Å². The van der Waals surface area contributed by atoms with Gasteiger partial charge in [-0.15, -0.1) is 24.0 Å². The molecule has 1 rings (SSSR count). The van der Waals surface area contributed by atoms with Crippen molar-refractivity contribution in [3.63, 3.8) is 0 Å². The number of thiol groups is 1. The molecule has 0 aromatic carbocycles. The number of aldehydes is 1. The lowest BCUT2D eigenvalue weighted by Gasteiger charge is -1.76. The summed E-state index contributed by atoms with van der Waals surface area (Å²) in [5.41, 5.74) is 2.02. The molecule has 1 heterocycles. The zero-order valence-electron chi connectivity index (χ0n) is 9.28. The molecule has 0 bridgehead atoms. The molecule has 1 aromatic heterocycles. The van der Waals surface area contributed by atoms with E-state index in [2.05, 4.69) is 31.5 Å². The summed E-state index contributed by atoms with van der Waals surface area (Å²) in [5.74, 6) is 0. The van der Waals surface area contributed by atoms with Crippen molar-refractivity contribution < 1.29 is 4.79 Å². The van der Waals surface area contributed by atoms with Crippen molar-refractivity contribution in [2.24, 2.45) is 0 Å². The number of carbonyl (C=O) groups excluding carboxylic acids is 1. The minimum absolute atomic E-state index is 0.429. The van der Waals surface area contributed by atoms with E-state index >= 15 is 0 Å². The quantitative estimate of drug-likeness (QED) is 0.616. The fraction of sp³-hybridized carbons (Fsp3) is 0.600. The largest absolute Gasteiger partial charge is 0.296 e. The van der Waals surface area contributed by atoms with Gasteiger partial charge in [0, 0.05) is 0 Å². The molecule has 0 N–H and O–H groups in total. The van der Waals surface area contributed by atoms with E-state index in [-0.39, 0.29) is 0 Å². The molecule has 82 valence electrons. The van der Waals surface area contributed by atoms with Crippen molar-refractivity contribution in [2.75, 3.05) is 0 Å². The summed E-state index contributed by atoms with van der Waals surface area (Å²) in [6.45, 7) is 8.36. The number of carbonyl (C=O) groups is 1. The van der Waals surface area contributed by atoms with Crippen LogP contribution in [0.1, 0.15) is 51.0 Å². The second-order valence-corrected chi connectivity index (χ2v) is 3.77. The van der Waals surface area contributed by atoms with E-state index in [9.17, 15) is 4.79 Å². The first-order valence-corrected chi connectivity index (χ1v) is 6.16. The third-order valence-corrected chi connectivity index (χ3v) is 2.38. The van der Waals surface area contributed by atoms with E-state index in [0.717, 1.165) is 0 Å². The molecule has 0 fully saturated rings. The molecule has 0 unspecified atom stereocenters. The first kappa shape index (κ1) is 16.1. The highest BCUT2D eigenvalue weighted by atomic mass is 32.2. The summed E-state index contributed by atoms with van der Waals surface area (Å²) in [5, 5.41) is 0. The van der Waals surface area contributed by atoms with Crippen LogP contribution in [0.3, 0.4) is 0 Å². The Morgan fingerprint density at radius 1 is 1.43 bits per heavy atom. The van der Waals surface area contributed by atoms with Gasteiger partial charge in [-0.2, -0.15) is 0 Å². The Morgan fingerprint density at radius 3 is 2.07 bits per heavy atom. The average Bonchev–Trinajstić information content (AvgIpc) is 2.67. The van der Waals surface area contributed by atoms with Gasteiger partial charge in [0.1, 0.15) is 5.69 Å². The van der Waals surface area contributed by atoms with Crippen LogP contribution < -0.4 is 0 Å². The number of hydrogen-bond donors (Lipinski definition) is 1. The van der Waals surface area contributed by atoms with Crippen LogP contribution in [0, 0.1) is 0 Å². The van der Waals surface area contributed by atoms with Gasteiger partial charge in [0.15, 0.2) is 6.29 Å². The Bertz CT molecular complexity index is 222. The molecular weight excluding hydrogens is 214 g/mol. The lowest BCUT2D eigenvalue weighted by molar-refractivity contribution is 0.111. The summed E-state index contributed by atoms with van der Waals surface area (Å²) in [7, 11) is 0. The lowest BCUT2D eigenvalue weighted by Crippen LogP contribution is -1.76. The molecule has 2 nitrogen and oxygen atoms in total. The van der Waals surface area contributed by atoms with Gasteiger partial charge < -0.3 is 0 Å². The number of nitrogens with zero attached hydrogens (tertiary/aromatic N) is 1. The Labute approximate surface area is 96.2 Å². The van der Waals surface area contributed by atoms with Crippen LogP contribution in [0.4, 0.5) is 0 Å². The molecule has 0 radical (unpaired) electrons. The SMILES string of the molecule is CC.CCCC.O=Cc1ncsc1S. The molecule has 0 amide bonds. The molecule has 4 heteroatoms. The highest BCUT2D eigenvalue weighted by Crippen LogP contribution is 2.14. The summed E-state index contributed by atoms with van der Waals surface area (Å²) in [4.78, 5) is 13.7. The zero-order valence-corrected chi connectivity index (χ0v) is 11.0. The average molecular weight is 233 g/mol. The fourth-order valence-electron chi connectivity index (χ4n) is 0.329. The predicted molar refractivity (Wildman–Crippen MR) is 66.7 cm³/mol. The monoisotopic (exact) mass is 233 g/mol. The molecular formula is C10H19NOS2. The topological polar surface area (TPSA) is 30.0 Å². The number of unbranched alkanes of at least 4 members (excludes halogenated alkanes) is 1. The number of rotatable bonds is 2. The van der Waals surface area contributed by atoms with Gasteiger partial charge >= 0.3 is 0 Å². The van der Waals surface area contributed by atoms with Crippen molar-refractivity contribution in [1.82, 2.24) is 4.98 Å². The molecule has 0 atom stereocenters. The van der Waals surface area contributed by atoms with Gasteiger partial charge in [-0.25, -0.2) is 4.98 Å². The predicted octanol–water partition coefficient (Wildman–Crippen LogP) is 4.08. The minimum atomic E-state index is 0.429. The standard InChI is InChI=1S/C4H3NOS2.C4H10.C2H6/c6-1-3-4(7)8-2-5-3;1-3-4-2;1-2/h1-2,7H;3-4H2,1-2H3;1-2H3. The first-order valence-electron chi connectivity index (χ1n) is 4.83.